The number of hydrogen-bond donors (Lipinski definition) is 2. The molecule has 0 unspecified atom stereocenters. The van der Waals surface area contributed by atoms with Crippen molar-refractivity contribution < 1.29 is 9.13 Å². The molecular formula is C19H28FN5O. The molecule has 0 aliphatic heterocycles. The van der Waals surface area contributed by atoms with Crippen molar-refractivity contribution in [3.63, 3.8) is 0 Å². The lowest BCUT2D eigenvalue weighted by atomic mass is 10.1. The van der Waals surface area contributed by atoms with E-state index in [2.05, 4.69) is 27.6 Å². The van der Waals surface area contributed by atoms with Crippen LogP contribution in [0.1, 0.15) is 35.0 Å². The molecule has 1 aromatic carbocycles. The molecule has 2 aromatic rings. The third kappa shape index (κ3) is 5.05. The van der Waals surface area contributed by atoms with Crippen LogP contribution in [-0.4, -0.2) is 29.4 Å². The Labute approximate surface area is 154 Å². The molecule has 6 nitrogen and oxygen atoms in total. The highest BCUT2D eigenvalue weighted by Crippen LogP contribution is 2.13. The number of nitrogens with zero attached hydrogens (tertiary/aromatic N) is 3. The monoisotopic (exact) mass is 361 g/mol. The standard InChI is InChI=1S/C19H28FN5O/c1-6-21-19(23-11-17-13(2)24-25(4)14(17)3)22-10-15-7-8-18(20)16(9-15)12-26-5/h7-9H,6,10-12H2,1-5H3,(H2,21,22,23). The van der Waals surface area contributed by atoms with Crippen LogP contribution in [0.4, 0.5) is 4.39 Å². The number of aliphatic imine (C=N–C) groups is 1. The maximum absolute atomic E-state index is 13.7. The maximum Gasteiger partial charge on any atom is 0.191 e. The molecule has 0 radical (unpaired) electrons. The number of aromatic nitrogens is 2. The van der Waals surface area contributed by atoms with E-state index in [9.17, 15) is 4.39 Å². The Morgan fingerprint density at radius 1 is 1.31 bits per heavy atom. The summed E-state index contributed by atoms with van der Waals surface area (Å²) < 4.78 is 20.6. The summed E-state index contributed by atoms with van der Waals surface area (Å²) >= 11 is 0. The topological polar surface area (TPSA) is 63.5 Å². The molecular weight excluding hydrogens is 333 g/mol. The number of nitrogens with one attached hydrogen (secondary N) is 2. The summed E-state index contributed by atoms with van der Waals surface area (Å²) in [5, 5.41) is 11.0. The summed E-state index contributed by atoms with van der Waals surface area (Å²) in [6.07, 6.45) is 0. The molecule has 0 spiro atoms. The molecule has 7 heteroatoms. The van der Waals surface area contributed by atoms with Crippen molar-refractivity contribution in [3.8, 4) is 0 Å². The third-order valence-corrected chi connectivity index (χ3v) is 4.27. The highest BCUT2D eigenvalue weighted by molar-refractivity contribution is 5.79. The third-order valence-electron chi connectivity index (χ3n) is 4.27. The molecule has 2 rings (SSSR count). The van der Waals surface area contributed by atoms with E-state index in [0.29, 0.717) is 24.6 Å². The van der Waals surface area contributed by atoms with Gasteiger partial charge in [0.05, 0.1) is 18.8 Å². The number of hydrogen-bond acceptors (Lipinski definition) is 3. The van der Waals surface area contributed by atoms with Gasteiger partial charge in [-0.2, -0.15) is 5.10 Å². The quantitative estimate of drug-likeness (QED) is 0.588. The zero-order valence-corrected chi connectivity index (χ0v) is 16.2. The van der Waals surface area contributed by atoms with Crippen molar-refractivity contribution in [2.75, 3.05) is 13.7 Å². The molecule has 0 aliphatic rings. The van der Waals surface area contributed by atoms with E-state index >= 15 is 0 Å². The molecule has 1 aromatic heterocycles. The molecule has 0 aliphatic carbocycles. The van der Waals surface area contributed by atoms with Gasteiger partial charge >= 0.3 is 0 Å². The normalized spacial score (nSPS) is 11.7. The zero-order valence-electron chi connectivity index (χ0n) is 16.2. The molecule has 0 fully saturated rings. The summed E-state index contributed by atoms with van der Waals surface area (Å²) in [5.41, 5.74) is 4.79. The van der Waals surface area contributed by atoms with Crippen molar-refractivity contribution in [1.82, 2.24) is 20.4 Å². The average Bonchev–Trinajstić information content (AvgIpc) is 2.85. The second-order valence-electron chi connectivity index (χ2n) is 6.18. The minimum absolute atomic E-state index is 0.251. The largest absolute Gasteiger partial charge is 0.380 e. The van der Waals surface area contributed by atoms with Crippen molar-refractivity contribution in [2.45, 2.75) is 40.5 Å². The summed E-state index contributed by atoms with van der Waals surface area (Å²) in [5.74, 6) is 0.458. The fourth-order valence-electron chi connectivity index (χ4n) is 2.75. The van der Waals surface area contributed by atoms with Crippen molar-refractivity contribution >= 4 is 5.96 Å². The minimum atomic E-state index is -0.257. The van der Waals surface area contributed by atoms with Crippen LogP contribution in [0.5, 0.6) is 0 Å². The number of rotatable bonds is 7. The van der Waals surface area contributed by atoms with Crippen LogP contribution in [0.2, 0.25) is 0 Å². The van der Waals surface area contributed by atoms with Crippen LogP contribution in [0.3, 0.4) is 0 Å². The first-order chi connectivity index (χ1) is 12.5. The van der Waals surface area contributed by atoms with E-state index in [4.69, 9.17) is 4.74 Å². The second kappa shape index (κ2) is 9.33. The summed E-state index contributed by atoms with van der Waals surface area (Å²) in [6.45, 7) is 8.19. The Balaban J connectivity index is 2.07. The predicted octanol–water partition coefficient (Wildman–Crippen LogP) is 2.58. The van der Waals surface area contributed by atoms with Gasteiger partial charge in [0.25, 0.3) is 0 Å². The van der Waals surface area contributed by atoms with E-state index in [-0.39, 0.29) is 12.4 Å². The van der Waals surface area contributed by atoms with Gasteiger partial charge < -0.3 is 15.4 Å². The SMILES string of the molecule is CCNC(=NCc1ccc(F)c(COC)c1)NCc1c(C)nn(C)c1C. The average molecular weight is 361 g/mol. The Morgan fingerprint density at radius 2 is 2.08 bits per heavy atom. The van der Waals surface area contributed by atoms with Gasteiger partial charge in [0, 0.05) is 44.1 Å². The number of benzene rings is 1. The van der Waals surface area contributed by atoms with Gasteiger partial charge in [0.1, 0.15) is 5.82 Å². The van der Waals surface area contributed by atoms with E-state index in [1.165, 1.54) is 11.6 Å². The second-order valence-corrected chi connectivity index (χ2v) is 6.18. The summed E-state index contributed by atoms with van der Waals surface area (Å²) in [7, 11) is 3.50. The lowest BCUT2D eigenvalue weighted by Gasteiger charge is -2.12. The van der Waals surface area contributed by atoms with Crippen molar-refractivity contribution in [1.29, 1.82) is 0 Å². The van der Waals surface area contributed by atoms with E-state index in [1.54, 1.807) is 19.2 Å². The van der Waals surface area contributed by atoms with Gasteiger partial charge in [0.15, 0.2) is 5.96 Å². The molecule has 1 heterocycles. The van der Waals surface area contributed by atoms with E-state index in [0.717, 1.165) is 23.5 Å². The van der Waals surface area contributed by atoms with Crippen molar-refractivity contribution in [2.24, 2.45) is 12.0 Å². The number of halogens is 1. The first kappa shape index (κ1) is 19.9. The molecule has 142 valence electrons. The Hall–Kier alpha value is -2.41. The first-order valence-electron chi connectivity index (χ1n) is 8.73. The predicted molar refractivity (Wildman–Crippen MR) is 101 cm³/mol. The highest BCUT2D eigenvalue weighted by atomic mass is 19.1. The number of guanidine groups is 1. The van der Waals surface area contributed by atoms with Gasteiger partial charge in [0.2, 0.25) is 0 Å². The zero-order chi connectivity index (χ0) is 19.1. The number of ether oxygens (including phenoxy) is 1. The van der Waals surface area contributed by atoms with Gasteiger partial charge in [-0.05, 0) is 38.5 Å². The first-order valence-corrected chi connectivity index (χ1v) is 8.73. The summed E-state index contributed by atoms with van der Waals surface area (Å²) in [6, 6.07) is 5.00. The molecule has 2 N–H and O–H groups in total. The number of aryl methyl sites for hydroxylation is 2. The smallest absolute Gasteiger partial charge is 0.191 e. The highest BCUT2D eigenvalue weighted by Gasteiger charge is 2.10. The molecule has 0 saturated heterocycles. The fraction of sp³-hybridized carbons (Fsp3) is 0.474. The van der Waals surface area contributed by atoms with Crippen LogP contribution in [0.15, 0.2) is 23.2 Å². The lowest BCUT2D eigenvalue weighted by Crippen LogP contribution is -2.37. The van der Waals surface area contributed by atoms with Gasteiger partial charge in [-0.1, -0.05) is 6.07 Å². The molecule has 0 amide bonds. The molecule has 0 saturated carbocycles. The molecule has 0 bridgehead atoms. The van der Waals surface area contributed by atoms with Crippen LogP contribution >= 0.6 is 0 Å². The van der Waals surface area contributed by atoms with Gasteiger partial charge in [-0.15, -0.1) is 0 Å². The van der Waals surface area contributed by atoms with Crippen LogP contribution in [0, 0.1) is 19.7 Å². The maximum atomic E-state index is 13.7. The Morgan fingerprint density at radius 3 is 2.69 bits per heavy atom. The molecule has 26 heavy (non-hydrogen) atoms. The van der Waals surface area contributed by atoms with Crippen LogP contribution in [0.25, 0.3) is 0 Å². The van der Waals surface area contributed by atoms with Gasteiger partial charge in [-0.3, -0.25) is 4.68 Å². The van der Waals surface area contributed by atoms with Crippen LogP contribution in [-0.2, 0) is 31.5 Å². The molecule has 0 atom stereocenters. The Kier molecular flexibility index (Phi) is 7.15. The minimum Gasteiger partial charge on any atom is -0.380 e. The Bertz CT molecular complexity index is 770. The number of methoxy groups -OCH3 is 1. The lowest BCUT2D eigenvalue weighted by molar-refractivity contribution is 0.181. The fourth-order valence-corrected chi connectivity index (χ4v) is 2.75. The van der Waals surface area contributed by atoms with Gasteiger partial charge in [-0.25, -0.2) is 9.38 Å². The summed E-state index contributed by atoms with van der Waals surface area (Å²) in [4.78, 5) is 4.60. The van der Waals surface area contributed by atoms with Crippen molar-refractivity contribution in [3.05, 3.63) is 52.1 Å². The van der Waals surface area contributed by atoms with E-state index in [1.807, 2.05) is 25.6 Å². The van der Waals surface area contributed by atoms with Crippen LogP contribution < -0.4 is 10.6 Å². The van der Waals surface area contributed by atoms with E-state index < -0.39 is 0 Å².